The third-order valence-electron chi connectivity index (χ3n) is 2.82. The molecule has 20 heavy (non-hydrogen) atoms. The lowest BCUT2D eigenvalue weighted by atomic mass is 10.1. The summed E-state index contributed by atoms with van der Waals surface area (Å²) in [6.45, 7) is -0.0354. The zero-order chi connectivity index (χ0) is 14.5. The molecule has 0 aliphatic carbocycles. The summed E-state index contributed by atoms with van der Waals surface area (Å²) < 4.78 is 5.16. The molecule has 0 bridgehead atoms. The highest BCUT2D eigenvalue weighted by molar-refractivity contribution is 5.96. The second-order valence-corrected chi connectivity index (χ2v) is 4.18. The summed E-state index contributed by atoms with van der Waals surface area (Å²) in [7, 11) is 0. The molecule has 2 aromatic rings. The van der Waals surface area contributed by atoms with E-state index in [1.165, 1.54) is 0 Å². The summed E-state index contributed by atoms with van der Waals surface area (Å²) in [5, 5.41) is 0. The summed E-state index contributed by atoms with van der Waals surface area (Å²) in [4.78, 5) is 23.2. The Labute approximate surface area is 116 Å². The van der Waals surface area contributed by atoms with Crippen LogP contribution in [0.5, 0.6) is 0 Å². The van der Waals surface area contributed by atoms with Gasteiger partial charge in [-0.25, -0.2) is 4.79 Å². The minimum absolute atomic E-state index is 0.0354. The van der Waals surface area contributed by atoms with Crippen molar-refractivity contribution in [2.45, 2.75) is 6.61 Å². The molecule has 0 spiro atoms. The van der Waals surface area contributed by atoms with Gasteiger partial charge in [0.1, 0.15) is 6.61 Å². The van der Waals surface area contributed by atoms with E-state index in [9.17, 15) is 9.59 Å². The number of hydrogen-bond acceptors (Lipinski definition) is 4. The number of nitrogen functional groups attached to an aromatic ring is 1. The average molecular weight is 270 g/mol. The van der Waals surface area contributed by atoms with Crippen LogP contribution in [0.4, 0.5) is 5.69 Å². The van der Waals surface area contributed by atoms with Crippen molar-refractivity contribution in [3.8, 4) is 0 Å². The van der Waals surface area contributed by atoms with E-state index in [1.54, 1.807) is 48.5 Å². The van der Waals surface area contributed by atoms with Gasteiger partial charge in [-0.3, -0.25) is 4.79 Å². The van der Waals surface area contributed by atoms with Gasteiger partial charge in [0, 0.05) is 16.8 Å². The molecule has 0 saturated heterocycles. The Morgan fingerprint density at radius 2 is 1.55 bits per heavy atom. The number of rotatable bonds is 4. The van der Waals surface area contributed by atoms with Gasteiger partial charge in [0.15, 0.2) is 0 Å². The Bertz CT molecular complexity index is 653. The van der Waals surface area contributed by atoms with Crippen LogP contribution in [0, 0.1) is 0 Å². The number of carbonyl (C=O) groups excluding carboxylic acids is 2. The fraction of sp³-hybridized carbons (Fsp3) is 0.0667. The van der Waals surface area contributed by atoms with Crippen molar-refractivity contribution in [2.24, 2.45) is 5.73 Å². The number of amides is 1. The molecular formula is C15H14N2O3. The number of primary amides is 1. The minimum atomic E-state index is -0.559. The number of anilines is 1. The fourth-order valence-corrected chi connectivity index (χ4v) is 1.79. The topological polar surface area (TPSA) is 95.4 Å². The third kappa shape index (κ3) is 2.95. The zero-order valence-corrected chi connectivity index (χ0v) is 10.7. The molecule has 1 amide bonds. The normalized spacial score (nSPS) is 10.0. The SMILES string of the molecule is NC(=O)c1ccccc1COC(=O)c1ccccc1N. The van der Waals surface area contributed by atoms with E-state index in [-0.39, 0.29) is 6.61 Å². The van der Waals surface area contributed by atoms with Gasteiger partial charge in [0.2, 0.25) is 5.91 Å². The standard InChI is InChI=1S/C15H14N2O3/c16-13-8-4-3-7-12(13)15(19)20-9-10-5-1-2-6-11(10)14(17)18/h1-8H,9,16H2,(H2,17,18). The summed E-state index contributed by atoms with van der Waals surface area (Å²) in [5.74, 6) is -1.10. The monoisotopic (exact) mass is 270 g/mol. The van der Waals surface area contributed by atoms with Crippen molar-refractivity contribution < 1.29 is 14.3 Å². The molecule has 0 heterocycles. The maximum absolute atomic E-state index is 11.9. The Morgan fingerprint density at radius 1 is 0.950 bits per heavy atom. The number of hydrogen-bond donors (Lipinski definition) is 2. The van der Waals surface area contributed by atoms with Crippen LogP contribution < -0.4 is 11.5 Å². The van der Waals surface area contributed by atoms with E-state index in [4.69, 9.17) is 16.2 Å². The van der Waals surface area contributed by atoms with Crippen LogP contribution in [0.3, 0.4) is 0 Å². The van der Waals surface area contributed by atoms with Crippen molar-refractivity contribution in [3.63, 3.8) is 0 Å². The number of para-hydroxylation sites is 1. The average Bonchev–Trinajstić information content (AvgIpc) is 2.45. The summed E-state index contributed by atoms with van der Waals surface area (Å²) in [5.41, 5.74) is 12.5. The van der Waals surface area contributed by atoms with E-state index >= 15 is 0 Å². The molecule has 4 N–H and O–H groups in total. The number of carbonyl (C=O) groups is 2. The van der Waals surface area contributed by atoms with Crippen LogP contribution in [0.1, 0.15) is 26.3 Å². The summed E-state index contributed by atoms with van der Waals surface area (Å²) in [6.07, 6.45) is 0. The second-order valence-electron chi connectivity index (χ2n) is 4.18. The number of nitrogens with two attached hydrogens (primary N) is 2. The van der Waals surface area contributed by atoms with E-state index in [0.717, 1.165) is 0 Å². The van der Waals surface area contributed by atoms with Crippen LogP contribution in [-0.2, 0) is 11.3 Å². The molecule has 0 radical (unpaired) electrons. The van der Waals surface area contributed by atoms with Crippen LogP contribution in [0.15, 0.2) is 48.5 Å². The first-order valence-electron chi connectivity index (χ1n) is 5.99. The van der Waals surface area contributed by atoms with Crippen LogP contribution >= 0.6 is 0 Å². The van der Waals surface area contributed by atoms with Gasteiger partial charge < -0.3 is 16.2 Å². The molecule has 0 aliphatic heterocycles. The first-order valence-corrected chi connectivity index (χ1v) is 5.99. The van der Waals surface area contributed by atoms with E-state index in [0.29, 0.717) is 22.4 Å². The van der Waals surface area contributed by atoms with Gasteiger partial charge in [0.25, 0.3) is 0 Å². The summed E-state index contributed by atoms with van der Waals surface area (Å²) >= 11 is 0. The molecule has 5 nitrogen and oxygen atoms in total. The molecule has 0 unspecified atom stereocenters. The molecule has 0 fully saturated rings. The van der Waals surface area contributed by atoms with Crippen molar-refractivity contribution in [1.82, 2.24) is 0 Å². The van der Waals surface area contributed by atoms with Crippen LogP contribution in [-0.4, -0.2) is 11.9 Å². The molecule has 0 aromatic heterocycles. The third-order valence-corrected chi connectivity index (χ3v) is 2.82. The molecule has 0 aliphatic rings. The number of ether oxygens (including phenoxy) is 1. The maximum atomic E-state index is 11.9. The predicted octanol–water partition coefficient (Wildman–Crippen LogP) is 1.72. The lowest BCUT2D eigenvalue weighted by Gasteiger charge is -2.09. The molecule has 0 atom stereocenters. The lowest BCUT2D eigenvalue weighted by Crippen LogP contribution is -2.15. The van der Waals surface area contributed by atoms with Crippen LogP contribution in [0.25, 0.3) is 0 Å². The Hall–Kier alpha value is -2.82. The van der Waals surface area contributed by atoms with Crippen LogP contribution in [0.2, 0.25) is 0 Å². The van der Waals surface area contributed by atoms with Gasteiger partial charge >= 0.3 is 5.97 Å². The molecule has 0 saturated carbocycles. The molecular weight excluding hydrogens is 256 g/mol. The highest BCUT2D eigenvalue weighted by Crippen LogP contribution is 2.14. The Kier molecular flexibility index (Phi) is 4.00. The Morgan fingerprint density at radius 3 is 2.20 bits per heavy atom. The number of benzene rings is 2. The van der Waals surface area contributed by atoms with Crippen molar-refractivity contribution >= 4 is 17.6 Å². The predicted molar refractivity (Wildman–Crippen MR) is 74.9 cm³/mol. The molecule has 2 rings (SSSR count). The van der Waals surface area contributed by atoms with E-state index in [2.05, 4.69) is 0 Å². The largest absolute Gasteiger partial charge is 0.457 e. The molecule has 102 valence electrons. The van der Waals surface area contributed by atoms with E-state index in [1.807, 2.05) is 0 Å². The highest BCUT2D eigenvalue weighted by atomic mass is 16.5. The molecule has 2 aromatic carbocycles. The van der Waals surface area contributed by atoms with Gasteiger partial charge in [-0.2, -0.15) is 0 Å². The zero-order valence-electron chi connectivity index (χ0n) is 10.7. The quantitative estimate of drug-likeness (QED) is 0.653. The van der Waals surface area contributed by atoms with Gasteiger partial charge in [-0.1, -0.05) is 30.3 Å². The first-order chi connectivity index (χ1) is 9.59. The first kappa shape index (κ1) is 13.6. The van der Waals surface area contributed by atoms with Crippen molar-refractivity contribution in [3.05, 3.63) is 65.2 Å². The van der Waals surface area contributed by atoms with Gasteiger partial charge in [-0.05, 0) is 18.2 Å². The Balaban J connectivity index is 2.12. The smallest absolute Gasteiger partial charge is 0.340 e. The maximum Gasteiger partial charge on any atom is 0.340 e. The van der Waals surface area contributed by atoms with E-state index < -0.39 is 11.9 Å². The molecule has 5 heteroatoms. The fourth-order valence-electron chi connectivity index (χ4n) is 1.79. The van der Waals surface area contributed by atoms with Crippen molar-refractivity contribution in [2.75, 3.05) is 5.73 Å². The van der Waals surface area contributed by atoms with Gasteiger partial charge in [-0.15, -0.1) is 0 Å². The van der Waals surface area contributed by atoms with Crippen molar-refractivity contribution in [1.29, 1.82) is 0 Å². The minimum Gasteiger partial charge on any atom is -0.457 e. The highest BCUT2D eigenvalue weighted by Gasteiger charge is 2.13. The number of esters is 1. The lowest BCUT2D eigenvalue weighted by molar-refractivity contribution is 0.0472. The van der Waals surface area contributed by atoms with Gasteiger partial charge in [0.05, 0.1) is 5.56 Å². The summed E-state index contributed by atoms with van der Waals surface area (Å²) in [6, 6.07) is 13.3. The second kappa shape index (κ2) is 5.88.